The number of hydrogen-bond donors (Lipinski definition) is 1. The molecule has 0 spiro atoms. The minimum atomic E-state index is -0.249. The molecule has 23 heavy (non-hydrogen) atoms. The highest BCUT2D eigenvalue weighted by Crippen LogP contribution is 2.24. The molecule has 3 nitrogen and oxygen atoms in total. The molecule has 114 valence electrons. The lowest BCUT2D eigenvalue weighted by Gasteiger charge is -2.10. The van der Waals surface area contributed by atoms with Crippen LogP contribution in [0, 0.1) is 0 Å². The van der Waals surface area contributed by atoms with Crippen molar-refractivity contribution in [3.05, 3.63) is 89.3 Å². The maximum atomic E-state index is 12.7. The van der Waals surface area contributed by atoms with Crippen LogP contribution in [0.25, 0.3) is 11.6 Å². The normalized spacial score (nSPS) is 11.3. The molecule has 1 amide bonds. The summed E-state index contributed by atoms with van der Waals surface area (Å²) < 4.78 is 5.33. The summed E-state index contributed by atoms with van der Waals surface area (Å²) in [4.78, 5) is 12.7. The summed E-state index contributed by atoms with van der Waals surface area (Å²) in [5.41, 5.74) is 1.87. The van der Waals surface area contributed by atoms with Crippen LogP contribution in [0.1, 0.15) is 11.3 Å². The lowest BCUT2D eigenvalue weighted by Crippen LogP contribution is -2.13. The van der Waals surface area contributed by atoms with Crippen LogP contribution in [0.5, 0.6) is 0 Å². The molecule has 0 saturated carbocycles. The third-order valence-corrected chi connectivity index (χ3v) is 3.61. The van der Waals surface area contributed by atoms with Crippen LogP contribution in [0.3, 0.4) is 0 Å². The highest BCUT2D eigenvalue weighted by molar-refractivity contribution is 6.35. The molecule has 4 heteroatoms. The average Bonchev–Trinajstić information content (AvgIpc) is 3.09. The smallest absolute Gasteiger partial charge is 0.256 e. The highest BCUT2D eigenvalue weighted by atomic mass is 35.5. The molecule has 2 aromatic carbocycles. The largest absolute Gasteiger partial charge is 0.465 e. The quantitative estimate of drug-likeness (QED) is 0.678. The number of carbonyl (C=O) groups is 1. The Balaban J connectivity index is 1.96. The number of para-hydroxylation sites is 1. The van der Waals surface area contributed by atoms with E-state index in [1.54, 1.807) is 36.6 Å². The Kier molecular flexibility index (Phi) is 4.60. The van der Waals surface area contributed by atoms with E-state index in [0.29, 0.717) is 22.0 Å². The predicted molar refractivity (Wildman–Crippen MR) is 93.1 cm³/mol. The number of anilines is 1. The number of halogens is 1. The summed E-state index contributed by atoms with van der Waals surface area (Å²) in [6.45, 7) is 0. The van der Waals surface area contributed by atoms with Crippen molar-refractivity contribution in [2.45, 2.75) is 0 Å². The standard InChI is InChI=1S/C19H14ClNO2/c20-17-10-4-5-11-18(17)21-19(22)16(13-15-9-6-12-23-15)14-7-2-1-3-8-14/h1-13H,(H,21,22)/b16-13+. The van der Waals surface area contributed by atoms with Crippen LogP contribution < -0.4 is 5.32 Å². The van der Waals surface area contributed by atoms with Crippen LogP contribution in [0.2, 0.25) is 5.02 Å². The molecule has 1 heterocycles. The van der Waals surface area contributed by atoms with E-state index >= 15 is 0 Å². The first-order valence-electron chi connectivity index (χ1n) is 7.10. The van der Waals surface area contributed by atoms with Gasteiger partial charge in [-0.1, -0.05) is 54.1 Å². The van der Waals surface area contributed by atoms with Gasteiger partial charge in [0, 0.05) is 0 Å². The number of furan rings is 1. The van der Waals surface area contributed by atoms with Gasteiger partial charge in [0.15, 0.2) is 0 Å². The number of rotatable bonds is 4. The second-order valence-corrected chi connectivity index (χ2v) is 5.28. The number of carbonyl (C=O) groups excluding carboxylic acids is 1. The Labute approximate surface area is 139 Å². The number of hydrogen-bond acceptors (Lipinski definition) is 2. The van der Waals surface area contributed by atoms with Gasteiger partial charge in [-0.3, -0.25) is 4.79 Å². The molecule has 0 aliphatic rings. The lowest BCUT2D eigenvalue weighted by molar-refractivity contribution is -0.111. The molecule has 1 N–H and O–H groups in total. The summed E-state index contributed by atoms with van der Waals surface area (Å²) >= 11 is 6.11. The molecule has 0 aliphatic carbocycles. The fourth-order valence-corrected chi connectivity index (χ4v) is 2.35. The Bertz CT molecular complexity index is 824. The minimum absolute atomic E-state index is 0.249. The predicted octanol–water partition coefficient (Wildman–Crippen LogP) is 5.11. The molecule has 0 unspecified atom stereocenters. The number of benzene rings is 2. The minimum Gasteiger partial charge on any atom is -0.465 e. The van der Waals surface area contributed by atoms with Crippen molar-refractivity contribution in [2.75, 3.05) is 5.32 Å². The second kappa shape index (κ2) is 6.99. The van der Waals surface area contributed by atoms with Crippen LogP contribution in [0.15, 0.2) is 77.4 Å². The fraction of sp³-hybridized carbons (Fsp3) is 0. The molecule has 3 rings (SSSR count). The maximum Gasteiger partial charge on any atom is 0.256 e. The van der Waals surface area contributed by atoms with E-state index in [4.69, 9.17) is 16.0 Å². The molecule has 0 saturated heterocycles. The van der Waals surface area contributed by atoms with Gasteiger partial charge in [0.05, 0.1) is 22.5 Å². The Morgan fingerprint density at radius 2 is 1.70 bits per heavy atom. The molecular weight excluding hydrogens is 310 g/mol. The van der Waals surface area contributed by atoms with Crippen molar-refractivity contribution >= 4 is 34.8 Å². The Hall–Kier alpha value is -2.78. The summed E-state index contributed by atoms with van der Waals surface area (Å²) in [6, 6.07) is 20.1. The number of nitrogens with one attached hydrogen (secondary N) is 1. The molecule has 1 aromatic heterocycles. The first-order chi connectivity index (χ1) is 11.2. The Morgan fingerprint density at radius 1 is 0.957 bits per heavy atom. The van der Waals surface area contributed by atoms with Gasteiger partial charge in [-0.05, 0) is 35.9 Å². The van der Waals surface area contributed by atoms with Gasteiger partial charge in [0.25, 0.3) is 5.91 Å². The summed E-state index contributed by atoms with van der Waals surface area (Å²) in [6.07, 6.45) is 3.28. The van der Waals surface area contributed by atoms with Crippen LogP contribution in [-0.2, 0) is 4.79 Å². The van der Waals surface area contributed by atoms with E-state index in [1.807, 2.05) is 42.5 Å². The van der Waals surface area contributed by atoms with Gasteiger partial charge >= 0.3 is 0 Å². The van der Waals surface area contributed by atoms with Crippen LogP contribution >= 0.6 is 11.6 Å². The van der Waals surface area contributed by atoms with Gasteiger partial charge < -0.3 is 9.73 Å². The van der Waals surface area contributed by atoms with Crippen molar-refractivity contribution in [1.82, 2.24) is 0 Å². The van der Waals surface area contributed by atoms with Gasteiger partial charge in [-0.25, -0.2) is 0 Å². The molecule has 0 bridgehead atoms. The third kappa shape index (κ3) is 3.71. The van der Waals surface area contributed by atoms with Crippen molar-refractivity contribution in [3.8, 4) is 0 Å². The van der Waals surface area contributed by atoms with Gasteiger partial charge in [0.2, 0.25) is 0 Å². The zero-order valence-corrected chi connectivity index (χ0v) is 13.0. The lowest BCUT2D eigenvalue weighted by atomic mass is 10.0. The molecule has 0 aliphatic heterocycles. The van der Waals surface area contributed by atoms with Crippen LogP contribution in [0.4, 0.5) is 5.69 Å². The van der Waals surface area contributed by atoms with Crippen LogP contribution in [-0.4, -0.2) is 5.91 Å². The SMILES string of the molecule is O=C(Nc1ccccc1Cl)/C(=C/c1ccco1)c1ccccc1. The van der Waals surface area contributed by atoms with Crippen molar-refractivity contribution in [3.63, 3.8) is 0 Å². The van der Waals surface area contributed by atoms with E-state index in [-0.39, 0.29) is 5.91 Å². The summed E-state index contributed by atoms with van der Waals surface area (Å²) in [7, 11) is 0. The van der Waals surface area contributed by atoms with E-state index in [2.05, 4.69) is 5.32 Å². The van der Waals surface area contributed by atoms with E-state index in [1.165, 1.54) is 0 Å². The molecule has 0 radical (unpaired) electrons. The van der Waals surface area contributed by atoms with Crippen molar-refractivity contribution in [2.24, 2.45) is 0 Å². The molecule has 0 atom stereocenters. The molecule has 0 fully saturated rings. The Morgan fingerprint density at radius 3 is 2.39 bits per heavy atom. The number of amides is 1. The zero-order chi connectivity index (χ0) is 16.1. The molecular formula is C19H14ClNO2. The highest BCUT2D eigenvalue weighted by Gasteiger charge is 2.14. The first-order valence-corrected chi connectivity index (χ1v) is 7.48. The van der Waals surface area contributed by atoms with Gasteiger partial charge in [-0.2, -0.15) is 0 Å². The van der Waals surface area contributed by atoms with E-state index in [0.717, 1.165) is 5.56 Å². The van der Waals surface area contributed by atoms with Crippen molar-refractivity contribution in [1.29, 1.82) is 0 Å². The van der Waals surface area contributed by atoms with E-state index < -0.39 is 0 Å². The summed E-state index contributed by atoms with van der Waals surface area (Å²) in [5, 5.41) is 3.33. The van der Waals surface area contributed by atoms with Crippen molar-refractivity contribution < 1.29 is 9.21 Å². The maximum absolute atomic E-state index is 12.7. The average molecular weight is 324 g/mol. The van der Waals surface area contributed by atoms with Gasteiger partial charge in [0.1, 0.15) is 5.76 Å². The molecule has 3 aromatic rings. The zero-order valence-electron chi connectivity index (χ0n) is 12.2. The monoisotopic (exact) mass is 323 g/mol. The second-order valence-electron chi connectivity index (χ2n) is 4.87. The topological polar surface area (TPSA) is 42.2 Å². The van der Waals surface area contributed by atoms with E-state index in [9.17, 15) is 4.79 Å². The third-order valence-electron chi connectivity index (χ3n) is 3.28. The fourth-order valence-electron chi connectivity index (χ4n) is 2.17. The first kappa shape index (κ1) is 15.1. The van der Waals surface area contributed by atoms with Gasteiger partial charge in [-0.15, -0.1) is 0 Å². The summed E-state index contributed by atoms with van der Waals surface area (Å²) in [5.74, 6) is 0.360.